The van der Waals surface area contributed by atoms with Gasteiger partial charge < -0.3 is 4.74 Å². The molecule has 21 heavy (non-hydrogen) atoms. The van der Waals surface area contributed by atoms with Crippen LogP contribution in [0.5, 0.6) is 5.75 Å². The number of hydrogen-bond donors (Lipinski definition) is 1. The van der Waals surface area contributed by atoms with Crippen molar-refractivity contribution in [3.8, 4) is 5.75 Å². The van der Waals surface area contributed by atoms with Gasteiger partial charge in [-0.3, -0.25) is 0 Å². The highest BCUT2D eigenvalue weighted by Crippen LogP contribution is 2.42. The van der Waals surface area contributed by atoms with E-state index in [2.05, 4.69) is 20.7 Å². The number of thiophene rings is 1. The maximum Gasteiger partial charge on any atom is 0.244 e. The van der Waals surface area contributed by atoms with Crippen LogP contribution in [0.15, 0.2) is 33.6 Å². The predicted octanol–water partition coefficient (Wildman–Crippen LogP) is 4.30. The lowest BCUT2D eigenvalue weighted by Gasteiger charge is -2.08. The zero-order valence-corrected chi connectivity index (χ0v) is 15.4. The molecule has 0 saturated carbocycles. The van der Waals surface area contributed by atoms with Crippen LogP contribution in [0, 0.1) is 0 Å². The minimum Gasteiger partial charge on any atom is -0.497 e. The van der Waals surface area contributed by atoms with Gasteiger partial charge in [-0.25, -0.2) is 13.1 Å². The molecule has 0 fully saturated rings. The summed E-state index contributed by atoms with van der Waals surface area (Å²) < 4.78 is 32.9. The Morgan fingerprint density at radius 1 is 1.33 bits per heavy atom. The molecule has 0 aliphatic heterocycles. The van der Waals surface area contributed by atoms with Crippen molar-refractivity contribution in [3.05, 3.63) is 43.0 Å². The molecule has 9 heteroatoms. The first kappa shape index (κ1) is 17.1. The lowest BCUT2D eigenvalue weighted by molar-refractivity contribution is 0.414. The highest BCUT2D eigenvalue weighted by atomic mass is 79.9. The van der Waals surface area contributed by atoms with Gasteiger partial charge in [0.05, 0.1) is 11.6 Å². The molecule has 0 unspecified atom stereocenters. The van der Waals surface area contributed by atoms with Crippen molar-refractivity contribution in [2.45, 2.75) is 11.4 Å². The number of hydrogen-bond acceptors (Lipinski definition) is 4. The molecular weight excluding hydrogens is 421 g/mol. The molecule has 1 N–H and O–H groups in total. The summed E-state index contributed by atoms with van der Waals surface area (Å²) >= 11 is 15.9. The molecule has 0 bridgehead atoms. The van der Waals surface area contributed by atoms with E-state index in [1.54, 1.807) is 31.4 Å². The zero-order chi connectivity index (χ0) is 15.6. The third kappa shape index (κ3) is 3.91. The van der Waals surface area contributed by atoms with Crippen LogP contribution in [0.2, 0.25) is 8.67 Å². The Labute approximate surface area is 145 Å². The van der Waals surface area contributed by atoms with Crippen LogP contribution in [-0.4, -0.2) is 15.5 Å². The van der Waals surface area contributed by atoms with Gasteiger partial charge in [0.2, 0.25) is 10.0 Å². The Hall–Kier alpha value is -0.310. The predicted molar refractivity (Wildman–Crippen MR) is 89.1 cm³/mol. The summed E-state index contributed by atoms with van der Waals surface area (Å²) in [6.07, 6.45) is 0. The summed E-state index contributed by atoms with van der Waals surface area (Å²) in [6.45, 7) is 0.121. The fourth-order valence-electron chi connectivity index (χ4n) is 1.60. The van der Waals surface area contributed by atoms with Crippen LogP contribution in [0.3, 0.4) is 0 Å². The second-order valence-corrected chi connectivity index (χ2v) is 8.69. The SMILES string of the molecule is COc1cccc(CNS(=O)(=O)c2c(Cl)sc(Cl)c2Br)c1. The quantitative estimate of drug-likeness (QED) is 0.768. The van der Waals surface area contributed by atoms with Crippen molar-refractivity contribution in [2.24, 2.45) is 0 Å². The van der Waals surface area contributed by atoms with E-state index in [0.717, 1.165) is 16.9 Å². The number of halogens is 3. The number of rotatable bonds is 5. The lowest BCUT2D eigenvalue weighted by atomic mass is 10.2. The van der Waals surface area contributed by atoms with Crippen LogP contribution in [0.1, 0.15) is 5.56 Å². The molecular formula is C12H10BrCl2NO3S2. The van der Waals surface area contributed by atoms with Crippen LogP contribution in [-0.2, 0) is 16.6 Å². The van der Waals surface area contributed by atoms with Gasteiger partial charge in [-0.05, 0) is 33.6 Å². The molecule has 0 amide bonds. The first-order chi connectivity index (χ1) is 9.85. The van der Waals surface area contributed by atoms with Crippen LogP contribution in [0.25, 0.3) is 0 Å². The Morgan fingerprint density at radius 3 is 2.62 bits per heavy atom. The summed E-state index contributed by atoms with van der Waals surface area (Å²) in [4.78, 5) is -0.0398. The molecule has 0 aliphatic carbocycles. The molecule has 0 radical (unpaired) electrons. The van der Waals surface area contributed by atoms with Gasteiger partial charge in [0.1, 0.15) is 19.3 Å². The van der Waals surface area contributed by atoms with E-state index in [4.69, 9.17) is 27.9 Å². The highest BCUT2D eigenvalue weighted by molar-refractivity contribution is 9.10. The summed E-state index contributed by atoms with van der Waals surface area (Å²) in [7, 11) is -2.21. The topological polar surface area (TPSA) is 55.4 Å². The molecule has 0 aliphatic rings. The fourth-order valence-corrected chi connectivity index (χ4v) is 6.17. The lowest BCUT2D eigenvalue weighted by Crippen LogP contribution is -2.23. The Bertz CT molecular complexity index is 762. The van der Waals surface area contributed by atoms with Crippen molar-refractivity contribution in [2.75, 3.05) is 7.11 Å². The Kier molecular flexibility index (Phi) is 5.56. The van der Waals surface area contributed by atoms with Gasteiger partial charge in [-0.1, -0.05) is 35.3 Å². The molecule has 4 nitrogen and oxygen atoms in total. The monoisotopic (exact) mass is 429 g/mol. The summed E-state index contributed by atoms with van der Waals surface area (Å²) in [5, 5.41) is 0. The molecule has 1 aromatic heterocycles. The summed E-state index contributed by atoms with van der Waals surface area (Å²) in [5.41, 5.74) is 0.770. The molecule has 0 saturated heterocycles. The molecule has 1 heterocycles. The standard InChI is InChI=1S/C12H10BrCl2NO3S2/c1-19-8-4-2-3-7(5-8)6-16-21(17,18)10-9(13)11(14)20-12(10)15/h2-5,16H,6H2,1H3. The van der Waals surface area contributed by atoms with Crippen molar-refractivity contribution in [1.82, 2.24) is 4.72 Å². The smallest absolute Gasteiger partial charge is 0.244 e. The molecule has 0 spiro atoms. The average Bonchev–Trinajstić information content (AvgIpc) is 2.71. The average molecular weight is 431 g/mol. The fraction of sp³-hybridized carbons (Fsp3) is 0.167. The number of ether oxygens (including phenoxy) is 1. The van der Waals surface area contributed by atoms with Gasteiger partial charge in [-0.15, -0.1) is 11.3 Å². The normalized spacial score (nSPS) is 11.6. The molecule has 1 aromatic carbocycles. The molecule has 0 atom stereocenters. The van der Waals surface area contributed by atoms with E-state index in [1.807, 2.05) is 0 Å². The summed E-state index contributed by atoms with van der Waals surface area (Å²) in [5.74, 6) is 0.657. The van der Waals surface area contributed by atoms with Crippen LogP contribution in [0.4, 0.5) is 0 Å². The van der Waals surface area contributed by atoms with E-state index in [-0.39, 0.29) is 20.2 Å². The van der Waals surface area contributed by atoms with Crippen molar-refractivity contribution >= 4 is 60.5 Å². The number of nitrogens with one attached hydrogen (secondary N) is 1. The first-order valence-corrected chi connectivity index (χ1v) is 9.46. The van der Waals surface area contributed by atoms with Gasteiger partial charge in [-0.2, -0.15) is 0 Å². The van der Waals surface area contributed by atoms with E-state index in [1.165, 1.54) is 0 Å². The number of methoxy groups -OCH3 is 1. The number of benzene rings is 1. The second-order valence-electron chi connectivity index (χ2n) is 3.97. The highest BCUT2D eigenvalue weighted by Gasteiger charge is 2.25. The van der Waals surface area contributed by atoms with Crippen LogP contribution < -0.4 is 9.46 Å². The first-order valence-electron chi connectivity index (χ1n) is 5.61. The Balaban J connectivity index is 2.22. The molecule has 2 aromatic rings. The summed E-state index contributed by atoms with van der Waals surface area (Å²) in [6, 6.07) is 7.11. The van der Waals surface area contributed by atoms with E-state index < -0.39 is 10.0 Å². The minimum absolute atomic E-state index is 0.0398. The minimum atomic E-state index is -3.76. The third-order valence-electron chi connectivity index (χ3n) is 2.60. The zero-order valence-electron chi connectivity index (χ0n) is 10.7. The van der Waals surface area contributed by atoms with E-state index in [9.17, 15) is 8.42 Å². The second kappa shape index (κ2) is 6.85. The van der Waals surface area contributed by atoms with Crippen molar-refractivity contribution < 1.29 is 13.2 Å². The molecule has 2 rings (SSSR count). The van der Waals surface area contributed by atoms with E-state index in [0.29, 0.717) is 10.1 Å². The van der Waals surface area contributed by atoms with Crippen molar-refractivity contribution in [3.63, 3.8) is 0 Å². The van der Waals surface area contributed by atoms with E-state index >= 15 is 0 Å². The van der Waals surface area contributed by atoms with Gasteiger partial charge >= 0.3 is 0 Å². The maximum absolute atomic E-state index is 12.3. The largest absolute Gasteiger partial charge is 0.497 e. The van der Waals surface area contributed by atoms with Gasteiger partial charge in [0.25, 0.3) is 0 Å². The van der Waals surface area contributed by atoms with Crippen LogP contribution >= 0.6 is 50.5 Å². The van der Waals surface area contributed by atoms with Gasteiger partial charge in [0.15, 0.2) is 0 Å². The Morgan fingerprint density at radius 2 is 2.05 bits per heavy atom. The number of sulfonamides is 1. The van der Waals surface area contributed by atoms with Gasteiger partial charge in [0, 0.05) is 6.54 Å². The third-order valence-corrected chi connectivity index (χ3v) is 7.46. The van der Waals surface area contributed by atoms with Crippen molar-refractivity contribution in [1.29, 1.82) is 0 Å². The molecule has 114 valence electrons. The maximum atomic E-state index is 12.3.